The van der Waals surface area contributed by atoms with E-state index in [1.165, 1.54) is 5.56 Å². The normalized spacial score (nSPS) is 11.4. The van der Waals surface area contributed by atoms with Gasteiger partial charge in [0, 0.05) is 18.4 Å². The fourth-order valence-corrected chi connectivity index (χ4v) is 2.32. The molecular formula is C14H17N5. The zero-order valence-corrected chi connectivity index (χ0v) is 11.4. The summed E-state index contributed by atoms with van der Waals surface area (Å²) in [5.41, 5.74) is 11.1. The van der Waals surface area contributed by atoms with Crippen LogP contribution in [0, 0.1) is 20.8 Å². The molecule has 0 fully saturated rings. The van der Waals surface area contributed by atoms with Crippen molar-refractivity contribution < 1.29 is 0 Å². The highest BCUT2D eigenvalue weighted by Gasteiger charge is 2.16. The minimum atomic E-state index is 0.428. The quantitative estimate of drug-likeness (QED) is 0.760. The van der Waals surface area contributed by atoms with E-state index >= 15 is 0 Å². The second-order valence-electron chi connectivity index (χ2n) is 4.72. The summed E-state index contributed by atoms with van der Waals surface area (Å²) in [6.45, 7) is 6.57. The van der Waals surface area contributed by atoms with Crippen molar-refractivity contribution in [3.63, 3.8) is 0 Å². The van der Waals surface area contributed by atoms with Gasteiger partial charge in [-0.05, 0) is 38.5 Å². The largest absolute Gasteiger partial charge is 0.325 e. The Morgan fingerprint density at radius 2 is 2.00 bits per heavy atom. The Balaban J connectivity index is 2.33. The number of pyridine rings is 1. The first kappa shape index (κ1) is 11.9. The number of rotatable bonds is 2. The van der Waals surface area contributed by atoms with Crippen molar-refractivity contribution in [3.05, 3.63) is 47.0 Å². The maximum atomic E-state index is 5.89. The van der Waals surface area contributed by atoms with Gasteiger partial charge in [-0.2, -0.15) is 5.10 Å². The van der Waals surface area contributed by atoms with Gasteiger partial charge in [0.05, 0.1) is 11.4 Å². The van der Waals surface area contributed by atoms with Crippen LogP contribution in [-0.4, -0.2) is 19.2 Å². The lowest BCUT2D eigenvalue weighted by molar-refractivity contribution is 0.791. The first-order chi connectivity index (χ1) is 9.13. The Hall–Kier alpha value is -2.14. The lowest BCUT2D eigenvalue weighted by Gasteiger charge is -2.04. The van der Waals surface area contributed by atoms with Crippen molar-refractivity contribution >= 4 is 5.65 Å². The molecule has 0 bridgehead atoms. The predicted molar refractivity (Wildman–Crippen MR) is 74.4 cm³/mol. The first-order valence-electron chi connectivity index (χ1n) is 6.32. The Labute approximate surface area is 111 Å². The van der Waals surface area contributed by atoms with Crippen LogP contribution in [0.2, 0.25) is 0 Å². The molecular weight excluding hydrogens is 238 g/mol. The van der Waals surface area contributed by atoms with E-state index in [4.69, 9.17) is 5.73 Å². The zero-order chi connectivity index (χ0) is 13.6. The van der Waals surface area contributed by atoms with Gasteiger partial charge in [0.2, 0.25) is 0 Å². The van der Waals surface area contributed by atoms with Gasteiger partial charge in [-0.3, -0.25) is 0 Å². The molecule has 3 aromatic heterocycles. The summed E-state index contributed by atoms with van der Waals surface area (Å²) in [6.07, 6.45) is 1.98. The van der Waals surface area contributed by atoms with Crippen LogP contribution in [-0.2, 0) is 6.54 Å². The van der Waals surface area contributed by atoms with Crippen molar-refractivity contribution in [2.24, 2.45) is 5.73 Å². The Bertz CT molecular complexity index is 751. The molecule has 98 valence electrons. The molecule has 0 saturated heterocycles. The van der Waals surface area contributed by atoms with Crippen LogP contribution < -0.4 is 5.73 Å². The number of hydrogen-bond donors (Lipinski definition) is 1. The van der Waals surface area contributed by atoms with Gasteiger partial charge in [0.15, 0.2) is 5.82 Å². The molecule has 3 rings (SSSR count). The zero-order valence-electron chi connectivity index (χ0n) is 11.4. The van der Waals surface area contributed by atoms with Crippen LogP contribution in [0.1, 0.15) is 22.6 Å². The molecule has 0 unspecified atom stereocenters. The fourth-order valence-electron chi connectivity index (χ4n) is 2.32. The first-order valence-corrected chi connectivity index (χ1v) is 6.32. The van der Waals surface area contributed by atoms with Gasteiger partial charge in [0.1, 0.15) is 5.65 Å². The lowest BCUT2D eigenvalue weighted by Crippen LogP contribution is -2.08. The van der Waals surface area contributed by atoms with E-state index in [1.807, 2.05) is 40.4 Å². The van der Waals surface area contributed by atoms with Gasteiger partial charge in [-0.15, -0.1) is 0 Å². The van der Waals surface area contributed by atoms with E-state index in [2.05, 4.69) is 23.9 Å². The van der Waals surface area contributed by atoms with Gasteiger partial charge in [0.25, 0.3) is 0 Å². The molecule has 2 N–H and O–H groups in total. The summed E-state index contributed by atoms with van der Waals surface area (Å²) in [7, 11) is 0. The molecule has 0 amide bonds. The monoisotopic (exact) mass is 255 g/mol. The minimum absolute atomic E-state index is 0.428. The van der Waals surface area contributed by atoms with Gasteiger partial charge in [-0.1, -0.05) is 6.07 Å². The Kier molecular flexibility index (Phi) is 2.64. The summed E-state index contributed by atoms with van der Waals surface area (Å²) in [5, 5.41) is 4.57. The molecule has 19 heavy (non-hydrogen) atoms. The number of fused-ring (bicyclic) bond motifs is 1. The number of aryl methyl sites for hydroxylation is 1. The summed E-state index contributed by atoms with van der Waals surface area (Å²) in [5.74, 6) is 0.822. The Morgan fingerprint density at radius 3 is 2.63 bits per heavy atom. The molecule has 5 heteroatoms. The fraction of sp³-hybridized carbons (Fsp3) is 0.286. The van der Waals surface area contributed by atoms with E-state index in [1.54, 1.807) is 0 Å². The van der Waals surface area contributed by atoms with Crippen molar-refractivity contribution in [1.82, 2.24) is 19.2 Å². The van der Waals surface area contributed by atoms with E-state index < -0.39 is 0 Å². The van der Waals surface area contributed by atoms with Crippen molar-refractivity contribution in [1.29, 1.82) is 0 Å². The number of nitrogens with zero attached hydrogens (tertiary/aromatic N) is 4. The molecule has 0 atom stereocenters. The lowest BCUT2D eigenvalue weighted by atomic mass is 10.2. The summed E-state index contributed by atoms with van der Waals surface area (Å²) in [6, 6.07) is 5.92. The minimum Gasteiger partial charge on any atom is -0.325 e. The van der Waals surface area contributed by atoms with Crippen LogP contribution in [0.3, 0.4) is 0 Å². The van der Waals surface area contributed by atoms with Crippen LogP contribution in [0.15, 0.2) is 24.4 Å². The van der Waals surface area contributed by atoms with E-state index in [0.717, 1.165) is 28.5 Å². The van der Waals surface area contributed by atoms with Gasteiger partial charge in [-0.25, -0.2) is 9.67 Å². The number of nitrogens with two attached hydrogens (primary N) is 1. The van der Waals surface area contributed by atoms with Crippen LogP contribution in [0.25, 0.3) is 11.5 Å². The van der Waals surface area contributed by atoms with E-state index in [-0.39, 0.29) is 0 Å². The number of hydrogen-bond acceptors (Lipinski definition) is 3. The third kappa shape index (κ3) is 1.66. The van der Waals surface area contributed by atoms with E-state index in [0.29, 0.717) is 6.54 Å². The molecule has 5 nitrogen and oxygen atoms in total. The average molecular weight is 255 g/mol. The Morgan fingerprint density at radius 1 is 1.21 bits per heavy atom. The summed E-state index contributed by atoms with van der Waals surface area (Å²) < 4.78 is 3.90. The maximum absolute atomic E-state index is 5.89. The smallest absolute Gasteiger partial charge is 0.177 e. The number of aromatic nitrogens is 4. The molecule has 3 aromatic rings. The molecule has 0 saturated carbocycles. The molecule has 0 radical (unpaired) electrons. The van der Waals surface area contributed by atoms with E-state index in [9.17, 15) is 0 Å². The average Bonchev–Trinajstić information content (AvgIpc) is 2.91. The van der Waals surface area contributed by atoms with Crippen LogP contribution >= 0.6 is 0 Å². The third-order valence-electron chi connectivity index (χ3n) is 3.65. The van der Waals surface area contributed by atoms with Crippen LogP contribution in [0.5, 0.6) is 0 Å². The highest BCUT2D eigenvalue weighted by molar-refractivity contribution is 5.49. The third-order valence-corrected chi connectivity index (χ3v) is 3.65. The van der Waals surface area contributed by atoms with Crippen molar-refractivity contribution in [3.8, 4) is 5.82 Å². The van der Waals surface area contributed by atoms with Crippen molar-refractivity contribution in [2.45, 2.75) is 27.3 Å². The molecule has 0 aliphatic carbocycles. The van der Waals surface area contributed by atoms with Gasteiger partial charge < -0.3 is 10.1 Å². The SMILES string of the molecule is Cc1nn(-c2nc3ccccn3c2CN)c(C)c1C. The predicted octanol–water partition coefficient (Wildman–Crippen LogP) is 1.90. The highest BCUT2D eigenvalue weighted by Crippen LogP contribution is 2.20. The molecule has 0 aromatic carbocycles. The second-order valence-corrected chi connectivity index (χ2v) is 4.72. The topological polar surface area (TPSA) is 61.1 Å². The highest BCUT2D eigenvalue weighted by atomic mass is 15.3. The summed E-state index contributed by atoms with van der Waals surface area (Å²) >= 11 is 0. The molecule has 0 spiro atoms. The van der Waals surface area contributed by atoms with Crippen molar-refractivity contribution in [2.75, 3.05) is 0 Å². The summed E-state index contributed by atoms with van der Waals surface area (Å²) in [4.78, 5) is 4.65. The molecule has 0 aliphatic rings. The second kappa shape index (κ2) is 4.20. The number of imidazole rings is 1. The van der Waals surface area contributed by atoms with Crippen LogP contribution in [0.4, 0.5) is 0 Å². The maximum Gasteiger partial charge on any atom is 0.177 e. The molecule has 0 aliphatic heterocycles. The molecule has 3 heterocycles. The standard InChI is InChI=1S/C14H17N5/c1-9-10(2)17-19(11(9)3)14-12(8-15)18-7-5-4-6-13(18)16-14/h4-7H,8,15H2,1-3H3. The van der Waals surface area contributed by atoms with Gasteiger partial charge >= 0.3 is 0 Å².